The molecule has 0 N–H and O–H groups in total. The summed E-state index contributed by atoms with van der Waals surface area (Å²) in [6.07, 6.45) is 0. The van der Waals surface area contributed by atoms with E-state index in [0.717, 1.165) is 35.6 Å². The molecule has 0 atom stereocenters. The topological polar surface area (TPSA) is 64.1 Å². The zero-order valence-corrected chi connectivity index (χ0v) is 20.0. The predicted molar refractivity (Wildman–Crippen MR) is 129 cm³/mol. The number of aromatic nitrogens is 1. The fourth-order valence-corrected chi connectivity index (χ4v) is 4.37. The Hall–Kier alpha value is -2.84. The number of hydrogen-bond donors (Lipinski definition) is 0. The van der Waals surface area contributed by atoms with Gasteiger partial charge in [0, 0.05) is 13.1 Å². The van der Waals surface area contributed by atoms with Crippen LogP contribution in [0.3, 0.4) is 0 Å². The van der Waals surface area contributed by atoms with Gasteiger partial charge in [0.15, 0.2) is 23.2 Å². The highest BCUT2D eigenvalue weighted by Crippen LogP contribution is 2.32. The number of carbonyl (C=O) groups is 1. The number of ether oxygens (including phenoxy) is 3. The van der Waals surface area contributed by atoms with Crippen molar-refractivity contribution in [2.75, 3.05) is 51.4 Å². The molecule has 0 fully saturated rings. The largest absolute Gasteiger partial charge is 0.494 e. The van der Waals surface area contributed by atoms with Crippen molar-refractivity contribution < 1.29 is 19.0 Å². The lowest BCUT2D eigenvalue weighted by Crippen LogP contribution is -2.41. The molecule has 2 aromatic carbocycles. The van der Waals surface area contributed by atoms with Crippen LogP contribution >= 0.6 is 11.3 Å². The van der Waals surface area contributed by atoms with Gasteiger partial charge in [-0.05, 0) is 50.3 Å². The van der Waals surface area contributed by atoms with E-state index in [9.17, 15) is 4.79 Å². The van der Waals surface area contributed by atoms with E-state index in [1.54, 1.807) is 24.1 Å². The number of methoxy groups -OCH3 is 1. The summed E-state index contributed by atoms with van der Waals surface area (Å²) in [5, 5.41) is 0.662. The first-order valence-electron chi connectivity index (χ1n) is 10.9. The van der Waals surface area contributed by atoms with Gasteiger partial charge >= 0.3 is 0 Å². The van der Waals surface area contributed by atoms with Crippen molar-refractivity contribution in [3.8, 4) is 17.2 Å². The molecule has 0 radical (unpaired) electrons. The van der Waals surface area contributed by atoms with Crippen LogP contribution in [0.5, 0.6) is 17.2 Å². The number of rotatable bonds is 12. The third-order valence-corrected chi connectivity index (χ3v) is 6.19. The Labute approximate surface area is 193 Å². The van der Waals surface area contributed by atoms with Gasteiger partial charge in [0.2, 0.25) is 0 Å². The number of benzene rings is 2. The Kier molecular flexibility index (Phi) is 8.70. The monoisotopic (exact) mass is 457 g/mol. The zero-order chi connectivity index (χ0) is 22.9. The van der Waals surface area contributed by atoms with E-state index in [-0.39, 0.29) is 12.5 Å². The molecule has 0 aliphatic carbocycles. The lowest BCUT2D eigenvalue weighted by Gasteiger charge is -2.24. The minimum atomic E-state index is -0.146. The average Bonchev–Trinajstić information content (AvgIpc) is 3.23. The van der Waals surface area contributed by atoms with Crippen LogP contribution in [0.2, 0.25) is 0 Å². The molecular formula is C24H31N3O4S. The molecule has 0 bridgehead atoms. The van der Waals surface area contributed by atoms with Gasteiger partial charge in [0.05, 0.1) is 23.9 Å². The lowest BCUT2D eigenvalue weighted by molar-refractivity contribution is -0.120. The summed E-state index contributed by atoms with van der Waals surface area (Å²) < 4.78 is 17.7. The van der Waals surface area contributed by atoms with Crippen LogP contribution < -0.4 is 19.1 Å². The maximum atomic E-state index is 13.2. The van der Waals surface area contributed by atoms with Gasteiger partial charge < -0.3 is 19.1 Å². The van der Waals surface area contributed by atoms with Crippen molar-refractivity contribution in [3.63, 3.8) is 0 Å². The molecule has 1 aromatic heterocycles. The average molecular weight is 458 g/mol. The Morgan fingerprint density at radius 3 is 2.44 bits per heavy atom. The summed E-state index contributed by atoms with van der Waals surface area (Å²) >= 11 is 1.49. The highest BCUT2D eigenvalue weighted by Gasteiger charge is 2.22. The van der Waals surface area contributed by atoms with Crippen LogP contribution in [0.25, 0.3) is 10.2 Å². The summed E-state index contributed by atoms with van der Waals surface area (Å²) in [6, 6.07) is 13.1. The molecular weight excluding hydrogens is 426 g/mol. The minimum Gasteiger partial charge on any atom is -0.494 e. The number of nitrogens with zero attached hydrogens (tertiary/aromatic N) is 3. The van der Waals surface area contributed by atoms with E-state index in [1.807, 2.05) is 37.3 Å². The number of likely N-dealkylation sites (N-methyl/N-ethyl adjacent to an activating group) is 1. The maximum Gasteiger partial charge on any atom is 0.266 e. The smallest absolute Gasteiger partial charge is 0.266 e. The highest BCUT2D eigenvalue weighted by atomic mass is 32.1. The Balaban J connectivity index is 1.82. The Morgan fingerprint density at radius 2 is 1.75 bits per heavy atom. The van der Waals surface area contributed by atoms with E-state index in [0.29, 0.717) is 29.8 Å². The molecule has 0 unspecified atom stereocenters. The molecule has 7 nitrogen and oxygen atoms in total. The van der Waals surface area contributed by atoms with Gasteiger partial charge in [-0.15, -0.1) is 0 Å². The second kappa shape index (κ2) is 11.7. The van der Waals surface area contributed by atoms with Gasteiger partial charge in [-0.2, -0.15) is 0 Å². The van der Waals surface area contributed by atoms with Gasteiger partial charge in [-0.25, -0.2) is 4.98 Å². The Morgan fingerprint density at radius 1 is 1.00 bits per heavy atom. The molecule has 0 saturated heterocycles. The molecule has 0 saturated carbocycles. The number of thiazole rings is 1. The van der Waals surface area contributed by atoms with Crippen LogP contribution in [-0.2, 0) is 4.79 Å². The number of hydrogen-bond acceptors (Lipinski definition) is 7. The van der Waals surface area contributed by atoms with Crippen molar-refractivity contribution in [1.82, 2.24) is 9.88 Å². The van der Waals surface area contributed by atoms with Crippen molar-refractivity contribution in [2.45, 2.75) is 20.8 Å². The van der Waals surface area contributed by atoms with Crippen LogP contribution in [0.1, 0.15) is 20.8 Å². The van der Waals surface area contributed by atoms with Crippen LogP contribution in [0.4, 0.5) is 5.13 Å². The fourth-order valence-electron chi connectivity index (χ4n) is 3.33. The first-order chi connectivity index (χ1) is 15.6. The van der Waals surface area contributed by atoms with E-state index in [1.165, 1.54) is 11.3 Å². The second-order valence-corrected chi connectivity index (χ2v) is 8.08. The summed E-state index contributed by atoms with van der Waals surface area (Å²) in [5.74, 6) is 1.79. The van der Waals surface area contributed by atoms with E-state index in [2.05, 4.69) is 18.7 Å². The Bertz CT molecular complexity index is 1020. The fraction of sp³-hybridized carbons (Fsp3) is 0.417. The molecule has 8 heteroatoms. The van der Waals surface area contributed by atoms with Crippen LogP contribution in [0.15, 0.2) is 42.5 Å². The third kappa shape index (κ3) is 5.89. The van der Waals surface area contributed by atoms with Gasteiger partial charge in [0.25, 0.3) is 5.91 Å². The number of amides is 1. The first-order valence-corrected chi connectivity index (χ1v) is 11.7. The maximum absolute atomic E-state index is 13.2. The number of fused-ring (bicyclic) bond motifs is 1. The highest BCUT2D eigenvalue weighted by molar-refractivity contribution is 7.22. The van der Waals surface area contributed by atoms with Crippen molar-refractivity contribution >= 4 is 32.6 Å². The molecule has 3 aromatic rings. The first kappa shape index (κ1) is 23.8. The van der Waals surface area contributed by atoms with Crippen molar-refractivity contribution in [2.24, 2.45) is 0 Å². The molecule has 0 spiro atoms. The number of para-hydroxylation sites is 2. The molecule has 0 aliphatic heterocycles. The molecule has 0 aliphatic rings. The van der Waals surface area contributed by atoms with E-state index < -0.39 is 0 Å². The summed E-state index contributed by atoms with van der Waals surface area (Å²) in [7, 11) is 1.58. The lowest BCUT2D eigenvalue weighted by atomic mass is 10.3. The predicted octanol–water partition coefficient (Wildman–Crippen LogP) is 4.46. The molecule has 3 rings (SSSR count). The molecule has 1 heterocycles. The number of carbonyl (C=O) groups excluding carboxylic acids is 1. The minimum absolute atomic E-state index is 0.0985. The second-order valence-electron chi connectivity index (χ2n) is 7.07. The van der Waals surface area contributed by atoms with Crippen molar-refractivity contribution in [3.05, 3.63) is 42.5 Å². The summed E-state index contributed by atoms with van der Waals surface area (Å²) in [6.45, 7) is 9.84. The quantitative estimate of drug-likeness (QED) is 0.400. The zero-order valence-electron chi connectivity index (χ0n) is 19.2. The third-order valence-electron chi connectivity index (χ3n) is 5.15. The van der Waals surface area contributed by atoms with Crippen LogP contribution in [0, 0.1) is 0 Å². The van der Waals surface area contributed by atoms with E-state index >= 15 is 0 Å². The normalized spacial score (nSPS) is 11.0. The van der Waals surface area contributed by atoms with Gasteiger partial charge in [-0.1, -0.05) is 37.3 Å². The summed E-state index contributed by atoms with van der Waals surface area (Å²) in [4.78, 5) is 22.0. The summed E-state index contributed by atoms with van der Waals surface area (Å²) in [5.41, 5.74) is 0.847. The van der Waals surface area contributed by atoms with Gasteiger partial charge in [0.1, 0.15) is 5.75 Å². The molecule has 32 heavy (non-hydrogen) atoms. The standard InChI is InChI=1S/C24H31N3O4S/c1-5-26(6-2)14-15-27(23(28)17-31-21-11-9-8-10-20(21)29-4)24-25-19-13-12-18(30-7-3)16-22(19)32-24/h8-13,16H,5-7,14-15,17H2,1-4H3. The van der Waals surface area contributed by atoms with Crippen LogP contribution in [-0.4, -0.2) is 62.3 Å². The SMILES string of the molecule is CCOc1ccc2nc(N(CCN(CC)CC)C(=O)COc3ccccc3OC)sc2c1. The molecule has 1 amide bonds. The number of anilines is 1. The van der Waals surface area contributed by atoms with E-state index in [4.69, 9.17) is 19.2 Å². The molecule has 172 valence electrons. The van der Waals surface area contributed by atoms with Crippen molar-refractivity contribution in [1.29, 1.82) is 0 Å². The van der Waals surface area contributed by atoms with Gasteiger partial charge in [-0.3, -0.25) is 9.69 Å².